The van der Waals surface area contributed by atoms with Crippen molar-refractivity contribution < 1.29 is 19.6 Å². The average Bonchev–Trinajstić information content (AvgIpc) is 3.00. The molecule has 0 saturated carbocycles. The quantitative estimate of drug-likeness (QED) is 0.404. The summed E-state index contributed by atoms with van der Waals surface area (Å²) in [7, 11) is 1.52. The van der Waals surface area contributed by atoms with Gasteiger partial charge >= 0.3 is 5.82 Å². The van der Waals surface area contributed by atoms with Crippen molar-refractivity contribution in [2.75, 3.05) is 13.7 Å². The molecule has 0 amide bonds. The molecule has 3 aromatic rings. The third-order valence-corrected chi connectivity index (χ3v) is 3.63. The van der Waals surface area contributed by atoms with Crippen molar-refractivity contribution in [3.63, 3.8) is 0 Å². The van der Waals surface area contributed by atoms with Crippen molar-refractivity contribution in [3.05, 3.63) is 64.1 Å². The molecule has 2 aromatic carbocycles. The second kappa shape index (κ2) is 7.60. The van der Waals surface area contributed by atoms with Gasteiger partial charge in [0, 0.05) is 0 Å². The summed E-state index contributed by atoms with van der Waals surface area (Å²) in [5, 5.41) is 25.7. The molecule has 0 aliphatic rings. The summed E-state index contributed by atoms with van der Waals surface area (Å²) in [4.78, 5) is 16.4. The Hall–Kier alpha value is -3.82. The van der Waals surface area contributed by atoms with Crippen LogP contribution in [0.4, 0.5) is 11.5 Å². The van der Waals surface area contributed by atoms with Gasteiger partial charge in [0.15, 0.2) is 0 Å². The summed E-state index contributed by atoms with van der Waals surface area (Å²) in [6, 6.07) is 13.3. The predicted molar refractivity (Wildman–Crippen MR) is 94.8 cm³/mol. The Morgan fingerprint density at radius 2 is 1.93 bits per heavy atom. The first kappa shape index (κ1) is 18.0. The monoisotopic (exact) mass is 371 g/mol. The smallest absolute Gasteiger partial charge is 0.438 e. The second-order valence-corrected chi connectivity index (χ2v) is 5.29. The van der Waals surface area contributed by atoms with Crippen molar-refractivity contribution >= 4 is 11.5 Å². The van der Waals surface area contributed by atoms with Gasteiger partial charge in [0.05, 0.1) is 18.8 Å². The van der Waals surface area contributed by atoms with Crippen LogP contribution < -0.4 is 15.0 Å². The lowest BCUT2D eigenvalue weighted by molar-refractivity contribution is -0.391. The average molecular weight is 371 g/mol. The third kappa shape index (κ3) is 3.59. The zero-order chi connectivity index (χ0) is 19.4. The number of benzene rings is 2. The van der Waals surface area contributed by atoms with Gasteiger partial charge in [0.2, 0.25) is 0 Å². The van der Waals surface area contributed by atoms with Gasteiger partial charge in [0.25, 0.3) is 5.49 Å². The van der Waals surface area contributed by atoms with Crippen LogP contribution in [0.3, 0.4) is 0 Å². The Kier molecular flexibility index (Phi) is 5.06. The fraction of sp³-hybridized carbons (Fsp3) is 0.176. The molecule has 27 heavy (non-hydrogen) atoms. The second-order valence-electron chi connectivity index (χ2n) is 5.29. The minimum Gasteiger partial charge on any atom is -0.497 e. The topological polar surface area (TPSA) is 117 Å². The van der Waals surface area contributed by atoms with E-state index in [-0.39, 0.29) is 5.49 Å². The molecule has 1 aromatic heterocycles. The van der Waals surface area contributed by atoms with Crippen molar-refractivity contribution in [2.45, 2.75) is 6.92 Å². The van der Waals surface area contributed by atoms with Crippen molar-refractivity contribution in [1.29, 1.82) is 0 Å². The number of rotatable bonds is 6. The van der Waals surface area contributed by atoms with Gasteiger partial charge in [-0.25, -0.2) is 4.99 Å². The normalized spacial score (nSPS) is 11.4. The first-order chi connectivity index (χ1) is 13.0. The van der Waals surface area contributed by atoms with E-state index in [4.69, 9.17) is 9.47 Å². The van der Waals surface area contributed by atoms with E-state index < -0.39 is 10.7 Å². The Bertz CT molecular complexity index is 1020. The number of hydrogen-bond acceptors (Lipinski definition) is 7. The first-order valence-corrected chi connectivity index (χ1v) is 8.02. The molecule has 0 aliphatic heterocycles. The number of nitrogens with zero attached hydrogens (tertiary/aromatic N) is 5. The fourth-order valence-corrected chi connectivity index (χ4v) is 2.39. The Balaban J connectivity index is 2.18. The van der Waals surface area contributed by atoms with E-state index in [0.717, 1.165) is 4.80 Å². The summed E-state index contributed by atoms with van der Waals surface area (Å²) in [6.07, 6.45) is 0. The van der Waals surface area contributed by atoms with Gasteiger partial charge < -0.3 is 24.8 Å². The molecule has 0 aliphatic carbocycles. The van der Waals surface area contributed by atoms with Crippen molar-refractivity contribution in [3.8, 4) is 17.2 Å². The lowest BCUT2D eigenvalue weighted by atomic mass is 10.3. The van der Waals surface area contributed by atoms with Crippen LogP contribution in [0.5, 0.6) is 11.5 Å². The van der Waals surface area contributed by atoms with Crippen LogP contribution >= 0.6 is 0 Å². The maximum absolute atomic E-state index is 11.4. The molecule has 1 N–H and O–H groups in total. The first-order valence-electron chi connectivity index (χ1n) is 8.02. The summed E-state index contributed by atoms with van der Waals surface area (Å²) in [5.41, 5.74) is 0.392. The molecule has 0 fully saturated rings. The number of ether oxygens (including phenoxy) is 2. The van der Waals surface area contributed by atoms with Crippen LogP contribution in [-0.4, -0.2) is 38.6 Å². The molecular weight excluding hydrogens is 354 g/mol. The third-order valence-electron chi connectivity index (χ3n) is 3.63. The van der Waals surface area contributed by atoms with Gasteiger partial charge in [-0.05, 0) is 53.0 Å². The highest BCUT2D eigenvalue weighted by Crippen LogP contribution is 2.26. The summed E-state index contributed by atoms with van der Waals surface area (Å²) >= 11 is 0. The molecule has 3 rings (SSSR count). The number of para-hydroxylation sites is 2. The van der Waals surface area contributed by atoms with E-state index >= 15 is 0 Å². The lowest BCUT2D eigenvalue weighted by Gasteiger charge is -2.05. The number of nitro groups is 1. The van der Waals surface area contributed by atoms with Crippen molar-refractivity contribution in [2.24, 2.45) is 4.99 Å². The standard InChI is InChI=1S/C17H17N5O5/c1-3-27-15-7-5-4-6-14(15)18-16-17(22(24)25)19-20(21(16)23)12-8-10-13(26-2)11-9-12/h4-11,23H,3H2,1-2H3. The van der Waals surface area contributed by atoms with Gasteiger partial charge in [-0.3, -0.25) is 0 Å². The Labute approximate surface area is 153 Å². The van der Waals surface area contributed by atoms with Crippen LogP contribution in [-0.2, 0) is 0 Å². The largest absolute Gasteiger partial charge is 0.497 e. The molecule has 0 spiro atoms. The van der Waals surface area contributed by atoms with E-state index in [1.807, 2.05) is 6.92 Å². The molecule has 140 valence electrons. The SMILES string of the molecule is CCOc1ccccc1N=c1c([N+](=O)[O-])nn(-c2ccc(OC)cc2)n1O. The molecule has 0 radical (unpaired) electrons. The highest BCUT2D eigenvalue weighted by molar-refractivity contribution is 5.51. The Morgan fingerprint density at radius 3 is 2.56 bits per heavy atom. The molecule has 1 heterocycles. The van der Waals surface area contributed by atoms with E-state index in [9.17, 15) is 15.3 Å². The number of aromatic nitrogens is 3. The number of hydrogen-bond donors (Lipinski definition) is 1. The van der Waals surface area contributed by atoms with E-state index in [2.05, 4.69) is 10.1 Å². The summed E-state index contributed by atoms with van der Waals surface area (Å²) in [6.45, 7) is 2.21. The highest BCUT2D eigenvalue weighted by Gasteiger charge is 2.24. The minimum atomic E-state index is -0.713. The van der Waals surface area contributed by atoms with E-state index in [1.165, 1.54) is 7.11 Å². The van der Waals surface area contributed by atoms with Crippen LogP contribution in [0.15, 0.2) is 53.5 Å². The molecule has 0 saturated heterocycles. The Morgan fingerprint density at radius 1 is 1.22 bits per heavy atom. The van der Waals surface area contributed by atoms with Gasteiger partial charge in [-0.2, -0.15) is 0 Å². The molecule has 0 bridgehead atoms. The molecular formula is C17H17N5O5. The summed E-state index contributed by atoms with van der Waals surface area (Å²) in [5.74, 6) is 0.437. The van der Waals surface area contributed by atoms with Crippen LogP contribution in [0, 0.1) is 10.1 Å². The van der Waals surface area contributed by atoms with Crippen LogP contribution in [0.25, 0.3) is 5.69 Å². The van der Waals surface area contributed by atoms with Gasteiger partial charge in [0.1, 0.15) is 22.9 Å². The number of methoxy groups -OCH3 is 1. The minimum absolute atomic E-state index is 0.331. The zero-order valence-electron chi connectivity index (χ0n) is 14.6. The van der Waals surface area contributed by atoms with E-state index in [0.29, 0.717) is 34.3 Å². The maximum atomic E-state index is 11.4. The zero-order valence-corrected chi connectivity index (χ0v) is 14.6. The van der Waals surface area contributed by atoms with E-state index in [1.54, 1.807) is 48.5 Å². The molecule has 10 nitrogen and oxygen atoms in total. The lowest BCUT2D eigenvalue weighted by Crippen LogP contribution is -2.22. The van der Waals surface area contributed by atoms with Crippen molar-refractivity contribution in [1.82, 2.24) is 14.7 Å². The molecule has 0 atom stereocenters. The molecule has 0 unspecified atom stereocenters. The van der Waals surface area contributed by atoms with Gasteiger partial charge in [-0.1, -0.05) is 17.0 Å². The van der Waals surface area contributed by atoms with Crippen LogP contribution in [0.2, 0.25) is 0 Å². The summed E-state index contributed by atoms with van der Waals surface area (Å²) < 4.78 is 10.5. The predicted octanol–water partition coefficient (Wildman–Crippen LogP) is 2.46. The molecule has 10 heteroatoms. The highest BCUT2D eigenvalue weighted by atomic mass is 16.6. The van der Waals surface area contributed by atoms with Gasteiger partial charge in [-0.15, -0.1) is 0 Å². The maximum Gasteiger partial charge on any atom is 0.438 e. The fourth-order valence-electron chi connectivity index (χ4n) is 2.39. The van der Waals surface area contributed by atoms with Crippen LogP contribution in [0.1, 0.15) is 6.92 Å².